The van der Waals surface area contributed by atoms with E-state index in [1.807, 2.05) is 13.2 Å². The van der Waals surface area contributed by atoms with Crippen molar-refractivity contribution in [1.29, 1.82) is 0 Å². The molecule has 0 aliphatic carbocycles. The molecule has 9 nitrogen and oxygen atoms in total. The second-order valence-corrected chi connectivity index (χ2v) is 6.55. The van der Waals surface area contributed by atoms with Crippen LogP contribution in [0, 0.1) is 0 Å². The number of amides is 4. The van der Waals surface area contributed by atoms with Gasteiger partial charge in [-0.3, -0.25) is 34.1 Å². The van der Waals surface area contributed by atoms with E-state index < -0.39 is 29.7 Å². The first-order chi connectivity index (χ1) is 13.0. The van der Waals surface area contributed by atoms with Crippen LogP contribution in [0.25, 0.3) is 0 Å². The van der Waals surface area contributed by atoms with E-state index in [-0.39, 0.29) is 24.0 Å². The van der Waals surface area contributed by atoms with Crippen LogP contribution in [0.4, 0.5) is 5.69 Å². The summed E-state index contributed by atoms with van der Waals surface area (Å²) in [4.78, 5) is 50.2. The molecule has 1 unspecified atom stereocenters. The third-order valence-corrected chi connectivity index (χ3v) is 4.71. The monoisotopic (exact) mass is 367 g/mol. The van der Waals surface area contributed by atoms with Gasteiger partial charge in [0, 0.05) is 37.5 Å². The maximum Gasteiger partial charge on any atom is 0.264 e. The fourth-order valence-corrected chi connectivity index (χ4v) is 3.42. The molecule has 2 N–H and O–H groups in total. The minimum absolute atomic E-state index is 0.0932. The Kier molecular flexibility index (Phi) is 3.98. The van der Waals surface area contributed by atoms with E-state index in [0.29, 0.717) is 12.2 Å². The number of aromatic nitrogens is 2. The normalized spacial score (nSPS) is 19.3. The number of imide groups is 2. The number of benzene rings is 1. The SMILES string of the molecule is Cn1cc(CNc2cccc3c2C(=O)N(C2CCC(=O)NC2=O)C3=O)cn1. The summed E-state index contributed by atoms with van der Waals surface area (Å²) in [6.07, 6.45) is 3.78. The van der Waals surface area contributed by atoms with Gasteiger partial charge in [-0.1, -0.05) is 6.07 Å². The summed E-state index contributed by atoms with van der Waals surface area (Å²) in [6.45, 7) is 0.435. The average molecular weight is 367 g/mol. The summed E-state index contributed by atoms with van der Waals surface area (Å²) in [5.74, 6) is -2.06. The Bertz CT molecular complexity index is 980. The Hall–Kier alpha value is -3.49. The Morgan fingerprint density at radius 1 is 1.22 bits per heavy atom. The molecule has 1 aromatic heterocycles. The molecular formula is C18H17N5O4. The maximum atomic E-state index is 13.0. The van der Waals surface area contributed by atoms with Crippen molar-refractivity contribution in [2.45, 2.75) is 25.4 Å². The first-order valence-electron chi connectivity index (χ1n) is 8.51. The zero-order valence-electron chi connectivity index (χ0n) is 14.6. The van der Waals surface area contributed by atoms with Crippen molar-refractivity contribution in [3.63, 3.8) is 0 Å². The molecule has 0 spiro atoms. The van der Waals surface area contributed by atoms with Gasteiger partial charge >= 0.3 is 0 Å². The van der Waals surface area contributed by atoms with Gasteiger partial charge in [-0.25, -0.2) is 0 Å². The van der Waals surface area contributed by atoms with Crippen LogP contribution in [0.2, 0.25) is 0 Å². The van der Waals surface area contributed by atoms with Crippen molar-refractivity contribution in [1.82, 2.24) is 20.0 Å². The lowest BCUT2D eigenvalue weighted by Crippen LogP contribution is -2.54. The number of rotatable bonds is 4. The zero-order valence-corrected chi connectivity index (χ0v) is 14.6. The van der Waals surface area contributed by atoms with Crippen LogP contribution >= 0.6 is 0 Å². The highest BCUT2D eigenvalue weighted by Crippen LogP contribution is 2.32. The molecule has 9 heteroatoms. The standard InChI is InChI=1S/C18H17N5O4/c1-22-9-10(8-20-22)7-19-12-4-2-3-11-15(12)18(27)23(17(11)26)13-5-6-14(24)21-16(13)25/h2-4,8-9,13,19H,5-7H2,1H3,(H,21,24,25). The highest BCUT2D eigenvalue weighted by molar-refractivity contribution is 6.25. The van der Waals surface area contributed by atoms with Gasteiger partial charge in [0.1, 0.15) is 6.04 Å². The van der Waals surface area contributed by atoms with Gasteiger partial charge in [0.05, 0.1) is 17.3 Å². The molecule has 0 bridgehead atoms. The first-order valence-corrected chi connectivity index (χ1v) is 8.51. The number of aryl methyl sites for hydroxylation is 1. The van der Waals surface area contributed by atoms with Crippen molar-refractivity contribution in [3.8, 4) is 0 Å². The van der Waals surface area contributed by atoms with E-state index in [9.17, 15) is 19.2 Å². The quantitative estimate of drug-likeness (QED) is 0.758. The number of nitrogens with zero attached hydrogens (tertiary/aromatic N) is 3. The fraction of sp³-hybridized carbons (Fsp3) is 0.278. The molecule has 27 heavy (non-hydrogen) atoms. The van der Waals surface area contributed by atoms with Gasteiger partial charge in [-0.05, 0) is 18.6 Å². The molecule has 1 atom stereocenters. The number of anilines is 1. The second kappa shape index (κ2) is 6.35. The average Bonchev–Trinajstić information content (AvgIpc) is 3.16. The van der Waals surface area contributed by atoms with Crippen LogP contribution < -0.4 is 10.6 Å². The van der Waals surface area contributed by atoms with Crippen molar-refractivity contribution >= 4 is 29.3 Å². The fourth-order valence-electron chi connectivity index (χ4n) is 3.42. The third-order valence-electron chi connectivity index (χ3n) is 4.71. The molecule has 4 amide bonds. The lowest BCUT2D eigenvalue weighted by Gasteiger charge is -2.27. The molecule has 4 rings (SSSR count). The van der Waals surface area contributed by atoms with Gasteiger partial charge in [-0.15, -0.1) is 0 Å². The van der Waals surface area contributed by atoms with E-state index >= 15 is 0 Å². The van der Waals surface area contributed by atoms with E-state index in [4.69, 9.17) is 0 Å². The van der Waals surface area contributed by atoms with Crippen LogP contribution in [0.1, 0.15) is 39.1 Å². The Balaban J connectivity index is 1.61. The molecule has 3 heterocycles. The lowest BCUT2D eigenvalue weighted by molar-refractivity contribution is -0.136. The topological polar surface area (TPSA) is 113 Å². The minimum Gasteiger partial charge on any atom is -0.380 e. The lowest BCUT2D eigenvalue weighted by atomic mass is 10.0. The van der Waals surface area contributed by atoms with E-state index in [2.05, 4.69) is 15.7 Å². The highest BCUT2D eigenvalue weighted by Gasteiger charge is 2.45. The Morgan fingerprint density at radius 3 is 2.74 bits per heavy atom. The second-order valence-electron chi connectivity index (χ2n) is 6.55. The largest absolute Gasteiger partial charge is 0.380 e. The van der Waals surface area contributed by atoms with E-state index in [1.165, 1.54) is 0 Å². The van der Waals surface area contributed by atoms with Gasteiger partial charge in [0.15, 0.2) is 0 Å². The number of piperidine rings is 1. The molecule has 1 aromatic carbocycles. The molecular weight excluding hydrogens is 350 g/mol. The number of carbonyl (C=O) groups excluding carboxylic acids is 4. The van der Waals surface area contributed by atoms with Gasteiger partial charge < -0.3 is 5.32 Å². The smallest absolute Gasteiger partial charge is 0.264 e. The summed E-state index contributed by atoms with van der Waals surface area (Å²) in [6, 6.07) is 4.00. The van der Waals surface area contributed by atoms with Crippen molar-refractivity contribution in [2.75, 3.05) is 5.32 Å². The molecule has 0 radical (unpaired) electrons. The zero-order chi connectivity index (χ0) is 19.1. The summed E-state index contributed by atoms with van der Waals surface area (Å²) in [5, 5.41) is 9.44. The van der Waals surface area contributed by atoms with Crippen LogP contribution in [0.15, 0.2) is 30.6 Å². The Labute approximate surface area is 154 Å². The number of nitrogens with one attached hydrogen (secondary N) is 2. The predicted molar refractivity (Wildman–Crippen MR) is 93.6 cm³/mol. The maximum absolute atomic E-state index is 13.0. The third kappa shape index (κ3) is 2.86. The van der Waals surface area contributed by atoms with E-state index in [0.717, 1.165) is 10.5 Å². The molecule has 2 aliphatic heterocycles. The molecule has 1 saturated heterocycles. The Morgan fingerprint density at radius 2 is 2.04 bits per heavy atom. The predicted octanol–water partition coefficient (Wildman–Crippen LogP) is 0.433. The molecule has 2 aliphatic rings. The van der Waals surface area contributed by atoms with Crippen molar-refractivity contribution in [3.05, 3.63) is 47.3 Å². The van der Waals surface area contributed by atoms with Gasteiger partial charge in [-0.2, -0.15) is 5.10 Å². The van der Waals surface area contributed by atoms with Gasteiger partial charge in [0.25, 0.3) is 11.8 Å². The number of carbonyl (C=O) groups is 4. The van der Waals surface area contributed by atoms with E-state index in [1.54, 1.807) is 29.1 Å². The van der Waals surface area contributed by atoms with Crippen LogP contribution in [0.5, 0.6) is 0 Å². The number of fused-ring (bicyclic) bond motifs is 1. The highest BCUT2D eigenvalue weighted by atomic mass is 16.2. The molecule has 138 valence electrons. The minimum atomic E-state index is -0.971. The number of hydrogen-bond donors (Lipinski definition) is 2. The van der Waals surface area contributed by atoms with Crippen LogP contribution in [-0.2, 0) is 23.2 Å². The van der Waals surface area contributed by atoms with Crippen molar-refractivity contribution in [2.24, 2.45) is 7.05 Å². The van der Waals surface area contributed by atoms with Crippen LogP contribution in [0.3, 0.4) is 0 Å². The molecule has 2 aromatic rings. The summed E-state index contributed by atoms with van der Waals surface area (Å²) in [5.41, 5.74) is 1.94. The molecule has 0 saturated carbocycles. The summed E-state index contributed by atoms with van der Waals surface area (Å²) >= 11 is 0. The molecule has 1 fully saturated rings. The first kappa shape index (κ1) is 17.0. The summed E-state index contributed by atoms with van der Waals surface area (Å²) < 4.78 is 1.67. The number of hydrogen-bond acceptors (Lipinski definition) is 6. The van der Waals surface area contributed by atoms with Gasteiger partial charge in [0.2, 0.25) is 11.8 Å². The summed E-state index contributed by atoms with van der Waals surface area (Å²) in [7, 11) is 1.81. The van der Waals surface area contributed by atoms with Crippen molar-refractivity contribution < 1.29 is 19.2 Å². The van der Waals surface area contributed by atoms with Crippen LogP contribution in [-0.4, -0.2) is 44.4 Å².